The van der Waals surface area contributed by atoms with Crippen molar-refractivity contribution in [2.45, 2.75) is 6.92 Å². The Morgan fingerprint density at radius 1 is 1.22 bits per heavy atom. The Morgan fingerprint density at radius 3 is 2.43 bits per heavy atom. The molecular formula is C16H15Br2N3O2. The highest BCUT2D eigenvalue weighted by atomic mass is 79.9. The number of hydrazone groups is 1. The average Bonchev–Trinajstić information content (AvgIpc) is 2.52. The standard InChI is InChI=1S/C16H15Br2N3O2/c1-10-2-4-12(5-3-10)19-9-15(22)21-20-8-11-6-13(17)16(23)14(18)7-11/h2-8,19,23H,9H2,1H3,(H,21,22). The molecule has 23 heavy (non-hydrogen) atoms. The Kier molecular flexibility index (Phi) is 6.18. The zero-order valence-electron chi connectivity index (χ0n) is 12.3. The molecule has 2 rings (SSSR count). The van der Waals surface area contributed by atoms with Gasteiger partial charge in [0.1, 0.15) is 5.75 Å². The molecule has 0 atom stereocenters. The van der Waals surface area contributed by atoms with Gasteiger partial charge in [-0.15, -0.1) is 0 Å². The maximum absolute atomic E-state index is 11.7. The Bertz CT molecular complexity index is 708. The highest BCUT2D eigenvalue weighted by Gasteiger charge is 2.04. The van der Waals surface area contributed by atoms with E-state index in [4.69, 9.17) is 0 Å². The van der Waals surface area contributed by atoms with Gasteiger partial charge >= 0.3 is 0 Å². The molecule has 0 radical (unpaired) electrons. The molecule has 2 aromatic rings. The molecule has 0 unspecified atom stereocenters. The fraction of sp³-hybridized carbons (Fsp3) is 0.125. The van der Waals surface area contributed by atoms with Gasteiger partial charge in [0, 0.05) is 5.69 Å². The summed E-state index contributed by atoms with van der Waals surface area (Å²) < 4.78 is 1.08. The minimum Gasteiger partial charge on any atom is -0.506 e. The molecular weight excluding hydrogens is 426 g/mol. The van der Waals surface area contributed by atoms with Gasteiger partial charge in [-0.2, -0.15) is 5.10 Å². The van der Waals surface area contributed by atoms with Gasteiger partial charge in [-0.05, 0) is 68.6 Å². The molecule has 5 nitrogen and oxygen atoms in total. The molecule has 3 N–H and O–H groups in total. The fourth-order valence-corrected chi connectivity index (χ4v) is 2.95. The monoisotopic (exact) mass is 439 g/mol. The van der Waals surface area contributed by atoms with Crippen LogP contribution >= 0.6 is 31.9 Å². The van der Waals surface area contributed by atoms with Gasteiger partial charge in [0.05, 0.1) is 21.7 Å². The Morgan fingerprint density at radius 2 is 1.83 bits per heavy atom. The smallest absolute Gasteiger partial charge is 0.259 e. The van der Waals surface area contributed by atoms with Crippen LogP contribution in [0.5, 0.6) is 5.75 Å². The molecule has 0 aliphatic carbocycles. The molecule has 0 saturated heterocycles. The van der Waals surface area contributed by atoms with Crippen LogP contribution in [0.25, 0.3) is 0 Å². The van der Waals surface area contributed by atoms with E-state index in [1.807, 2.05) is 31.2 Å². The number of benzene rings is 2. The minimum atomic E-state index is -0.251. The van der Waals surface area contributed by atoms with Crippen LogP contribution in [0.3, 0.4) is 0 Å². The fourth-order valence-electron chi connectivity index (χ4n) is 1.73. The quantitative estimate of drug-likeness (QED) is 0.489. The number of hydrogen-bond acceptors (Lipinski definition) is 4. The summed E-state index contributed by atoms with van der Waals surface area (Å²) in [5, 5.41) is 16.5. The molecule has 0 saturated carbocycles. The van der Waals surface area contributed by atoms with E-state index in [9.17, 15) is 9.90 Å². The molecule has 0 aliphatic heterocycles. The molecule has 1 amide bonds. The highest BCUT2D eigenvalue weighted by Crippen LogP contribution is 2.32. The van der Waals surface area contributed by atoms with Crippen molar-refractivity contribution in [1.82, 2.24) is 5.43 Å². The number of halogens is 2. The predicted molar refractivity (Wildman–Crippen MR) is 98.9 cm³/mol. The van der Waals surface area contributed by atoms with E-state index in [1.165, 1.54) is 6.21 Å². The Labute approximate surface area is 151 Å². The average molecular weight is 441 g/mol. The Balaban J connectivity index is 1.85. The van der Waals surface area contributed by atoms with E-state index in [1.54, 1.807) is 12.1 Å². The number of phenolic OH excluding ortho intramolecular Hbond substituents is 1. The molecule has 7 heteroatoms. The number of aromatic hydroxyl groups is 1. The third-order valence-corrected chi connectivity index (χ3v) is 4.16. The number of nitrogens with one attached hydrogen (secondary N) is 2. The number of carbonyl (C=O) groups excluding carboxylic acids is 1. The number of carbonyl (C=O) groups is 1. The molecule has 120 valence electrons. The number of phenols is 1. The first kappa shape index (κ1) is 17.5. The van der Waals surface area contributed by atoms with Gasteiger partial charge in [-0.25, -0.2) is 5.43 Å². The van der Waals surface area contributed by atoms with Crippen molar-refractivity contribution in [1.29, 1.82) is 0 Å². The highest BCUT2D eigenvalue weighted by molar-refractivity contribution is 9.11. The van der Waals surface area contributed by atoms with Crippen molar-refractivity contribution < 1.29 is 9.90 Å². The van der Waals surface area contributed by atoms with E-state index in [2.05, 4.69) is 47.7 Å². The second kappa shape index (κ2) is 8.12. The van der Waals surface area contributed by atoms with E-state index in [0.717, 1.165) is 16.8 Å². The van der Waals surface area contributed by atoms with Crippen molar-refractivity contribution in [2.24, 2.45) is 5.10 Å². The summed E-state index contributed by atoms with van der Waals surface area (Å²) in [7, 11) is 0. The maximum Gasteiger partial charge on any atom is 0.259 e. The lowest BCUT2D eigenvalue weighted by Crippen LogP contribution is -2.25. The summed E-state index contributed by atoms with van der Waals surface area (Å²) >= 11 is 6.47. The molecule has 0 spiro atoms. The molecule has 0 fully saturated rings. The van der Waals surface area contributed by atoms with Gasteiger partial charge in [-0.1, -0.05) is 17.7 Å². The third-order valence-electron chi connectivity index (χ3n) is 2.95. The van der Waals surface area contributed by atoms with Crippen LogP contribution in [0.2, 0.25) is 0 Å². The second-order valence-corrected chi connectivity index (χ2v) is 6.55. The van der Waals surface area contributed by atoms with Gasteiger partial charge in [0.25, 0.3) is 5.91 Å². The van der Waals surface area contributed by atoms with Gasteiger partial charge in [-0.3, -0.25) is 4.79 Å². The zero-order valence-corrected chi connectivity index (χ0v) is 15.5. The maximum atomic E-state index is 11.7. The van der Waals surface area contributed by atoms with Crippen LogP contribution < -0.4 is 10.7 Å². The lowest BCUT2D eigenvalue weighted by molar-refractivity contribution is -0.119. The first-order valence-corrected chi connectivity index (χ1v) is 8.35. The summed E-state index contributed by atoms with van der Waals surface area (Å²) in [5.41, 5.74) is 5.21. The number of amides is 1. The summed E-state index contributed by atoms with van der Waals surface area (Å²) in [5.74, 6) is -0.132. The zero-order chi connectivity index (χ0) is 16.8. The number of anilines is 1. The van der Waals surface area contributed by atoms with Crippen molar-refractivity contribution in [3.63, 3.8) is 0 Å². The van der Waals surface area contributed by atoms with Crippen LogP contribution in [0.1, 0.15) is 11.1 Å². The van der Waals surface area contributed by atoms with Crippen LogP contribution in [0.4, 0.5) is 5.69 Å². The van der Waals surface area contributed by atoms with Crippen LogP contribution in [0.15, 0.2) is 50.4 Å². The van der Waals surface area contributed by atoms with Crippen molar-refractivity contribution in [3.8, 4) is 5.75 Å². The SMILES string of the molecule is Cc1ccc(NCC(=O)NN=Cc2cc(Br)c(O)c(Br)c2)cc1. The summed E-state index contributed by atoms with van der Waals surface area (Å²) in [6.45, 7) is 2.13. The molecule has 0 heterocycles. The molecule has 0 aromatic heterocycles. The molecule has 0 aliphatic rings. The summed E-state index contributed by atoms with van der Waals surface area (Å²) in [6.07, 6.45) is 1.50. The largest absolute Gasteiger partial charge is 0.506 e. The number of hydrogen-bond donors (Lipinski definition) is 3. The second-order valence-electron chi connectivity index (χ2n) is 4.85. The molecule has 2 aromatic carbocycles. The van der Waals surface area contributed by atoms with Crippen LogP contribution in [-0.4, -0.2) is 23.8 Å². The first-order chi connectivity index (χ1) is 11.0. The normalized spacial score (nSPS) is 10.7. The number of nitrogens with zero attached hydrogens (tertiary/aromatic N) is 1. The van der Waals surface area contributed by atoms with E-state index < -0.39 is 0 Å². The lowest BCUT2D eigenvalue weighted by Gasteiger charge is -2.05. The first-order valence-electron chi connectivity index (χ1n) is 6.76. The minimum absolute atomic E-state index is 0.119. The van der Waals surface area contributed by atoms with Crippen molar-refractivity contribution in [2.75, 3.05) is 11.9 Å². The predicted octanol–water partition coefficient (Wildman–Crippen LogP) is 3.79. The number of aryl methyl sites for hydroxylation is 1. The van der Waals surface area contributed by atoms with E-state index >= 15 is 0 Å². The topological polar surface area (TPSA) is 73.7 Å². The third kappa shape index (κ3) is 5.37. The Hall–Kier alpha value is -1.86. The van der Waals surface area contributed by atoms with Gasteiger partial charge < -0.3 is 10.4 Å². The van der Waals surface area contributed by atoms with Crippen molar-refractivity contribution in [3.05, 3.63) is 56.5 Å². The summed E-state index contributed by atoms with van der Waals surface area (Å²) in [6, 6.07) is 11.2. The van der Waals surface area contributed by atoms with Gasteiger partial charge in [0.15, 0.2) is 0 Å². The van der Waals surface area contributed by atoms with Crippen LogP contribution in [0, 0.1) is 6.92 Å². The van der Waals surface area contributed by atoms with E-state index in [0.29, 0.717) is 8.95 Å². The van der Waals surface area contributed by atoms with Crippen LogP contribution in [-0.2, 0) is 4.79 Å². The number of rotatable bonds is 5. The summed E-state index contributed by atoms with van der Waals surface area (Å²) in [4.78, 5) is 11.7. The van der Waals surface area contributed by atoms with Crippen molar-refractivity contribution >= 4 is 49.7 Å². The van der Waals surface area contributed by atoms with Gasteiger partial charge in [0.2, 0.25) is 0 Å². The lowest BCUT2D eigenvalue weighted by atomic mass is 10.2. The van der Waals surface area contributed by atoms with E-state index in [-0.39, 0.29) is 18.2 Å². The molecule has 0 bridgehead atoms.